The second-order valence-electron chi connectivity index (χ2n) is 3.71. The monoisotopic (exact) mass is 265 g/mol. The number of carboxylic acids is 1. The van der Waals surface area contributed by atoms with Crippen LogP contribution in [0, 0.1) is 11.6 Å². The molecule has 4 N–H and O–H groups in total. The molecule has 1 aromatic carbocycles. The molecule has 2 rings (SSSR count). The molecule has 0 atom stereocenters. The maximum Gasteiger partial charge on any atom is 0.338 e. The number of nitrogens with one attached hydrogen (secondary N) is 1. The topological polar surface area (TPSA) is 88.2 Å². The van der Waals surface area contributed by atoms with Gasteiger partial charge in [0.1, 0.15) is 5.82 Å². The number of benzene rings is 1. The third-order valence-corrected chi connectivity index (χ3v) is 2.35. The highest BCUT2D eigenvalue weighted by Gasteiger charge is 2.12. The highest BCUT2D eigenvalue weighted by molar-refractivity contribution is 5.95. The minimum atomic E-state index is -1.21. The Balaban J connectivity index is 2.37. The third kappa shape index (κ3) is 2.76. The number of nitrogen functional groups attached to an aromatic ring is 1. The number of aromatic carboxylic acids is 1. The summed E-state index contributed by atoms with van der Waals surface area (Å²) >= 11 is 0. The first-order valence-electron chi connectivity index (χ1n) is 5.18. The van der Waals surface area contributed by atoms with E-state index in [2.05, 4.69) is 10.3 Å². The zero-order valence-electron chi connectivity index (χ0n) is 9.52. The summed E-state index contributed by atoms with van der Waals surface area (Å²) in [5, 5.41) is 11.7. The number of hydrogen-bond acceptors (Lipinski definition) is 4. The van der Waals surface area contributed by atoms with Crippen molar-refractivity contribution in [3.63, 3.8) is 0 Å². The lowest BCUT2D eigenvalue weighted by atomic mass is 10.2. The van der Waals surface area contributed by atoms with Crippen LogP contribution in [0.15, 0.2) is 30.5 Å². The van der Waals surface area contributed by atoms with E-state index >= 15 is 0 Å². The standard InChI is InChI=1S/C12H9F2N3O2/c13-8-2-1-6(3-9(8)14)17-10-5-16-11(15)4-7(10)12(18)19/h1-5,17H,(H2,15,16)(H,18,19). The van der Waals surface area contributed by atoms with Crippen molar-refractivity contribution in [2.24, 2.45) is 0 Å². The van der Waals surface area contributed by atoms with Crippen LogP contribution in [0.1, 0.15) is 10.4 Å². The molecule has 0 radical (unpaired) electrons. The molecule has 0 fully saturated rings. The van der Waals surface area contributed by atoms with E-state index in [1.165, 1.54) is 18.3 Å². The largest absolute Gasteiger partial charge is 0.478 e. The van der Waals surface area contributed by atoms with Crippen molar-refractivity contribution in [3.8, 4) is 0 Å². The summed E-state index contributed by atoms with van der Waals surface area (Å²) in [7, 11) is 0. The molecule has 1 aromatic heterocycles. The first kappa shape index (κ1) is 12.7. The van der Waals surface area contributed by atoms with Gasteiger partial charge in [0.2, 0.25) is 0 Å². The Morgan fingerprint density at radius 3 is 2.63 bits per heavy atom. The van der Waals surface area contributed by atoms with Gasteiger partial charge in [-0.25, -0.2) is 18.6 Å². The van der Waals surface area contributed by atoms with Gasteiger partial charge in [0, 0.05) is 11.8 Å². The summed E-state index contributed by atoms with van der Waals surface area (Å²) in [6.45, 7) is 0. The number of rotatable bonds is 3. The average molecular weight is 265 g/mol. The van der Waals surface area contributed by atoms with E-state index in [0.717, 1.165) is 12.1 Å². The summed E-state index contributed by atoms with van der Waals surface area (Å²) in [4.78, 5) is 14.8. The van der Waals surface area contributed by atoms with Gasteiger partial charge in [-0.15, -0.1) is 0 Å². The van der Waals surface area contributed by atoms with Crippen LogP contribution < -0.4 is 11.1 Å². The second kappa shape index (κ2) is 4.89. The summed E-state index contributed by atoms with van der Waals surface area (Å²) in [5.41, 5.74) is 5.61. The van der Waals surface area contributed by atoms with Crippen molar-refractivity contribution in [2.45, 2.75) is 0 Å². The Kier molecular flexibility index (Phi) is 3.28. The Bertz CT molecular complexity index is 647. The van der Waals surface area contributed by atoms with Gasteiger partial charge >= 0.3 is 5.97 Å². The number of aromatic nitrogens is 1. The molecule has 0 aliphatic rings. The van der Waals surface area contributed by atoms with Gasteiger partial charge in [0.25, 0.3) is 0 Å². The molecule has 1 heterocycles. The summed E-state index contributed by atoms with van der Waals surface area (Å²) in [5.74, 6) is -3.18. The number of nitrogens with zero attached hydrogens (tertiary/aromatic N) is 1. The number of carboxylic acid groups (broad SMARTS) is 1. The maximum absolute atomic E-state index is 13.0. The van der Waals surface area contributed by atoms with Gasteiger partial charge in [-0.1, -0.05) is 0 Å². The Morgan fingerprint density at radius 1 is 1.26 bits per heavy atom. The summed E-state index contributed by atoms with van der Waals surface area (Å²) < 4.78 is 25.8. The van der Waals surface area contributed by atoms with Crippen LogP contribution >= 0.6 is 0 Å². The van der Waals surface area contributed by atoms with Crippen LogP contribution in [-0.4, -0.2) is 16.1 Å². The predicted octanol–water partition coefficient (Wildman–Crippen LogP) is 2.38. The van der Waals surface area contributed by atoms with E-state index in [0.29, 0.717) is 0 Å². The molecule has 0 aliphatic carbocycles. The molecule has 0 spiro atoms. The SMILES string of the molecule is Nc1cc(C(=O)O)c(Nc2ccc(F)c(F)c2)cn1. The maximum atomic E-state index is 13.0. The fourth-order valence-electron chi connectivity index (χ4n) is 1.48. The average Bonchev–Trinajstić information content (AvgIpc) is 2.36. The van der Waals surface area contributed by atoms with Crippen molar-refractivity contribution < 1.29 is 18.7 Å². The van der Waals surface area contributed by atoms with Crippen LogP contribution in [0.5, 0.6) is 0 Å². The van der Waals surface area contributed by atoms with E-state index < -0.39 is 17.6 Å². The number of hydrogen-bond donors (Lipinski definition) is 3. The van der Waals surface area contributed by atoms with E-state index in [-0.39, 0.29) is 22.8 Å². The Morgan fingerprint density at radius 2 is 2.00 bits per heavy atom. The molecule has 7 heteroatoms. The van der Waals surface area contributed by atoms with Crippen LogP contribution in [0.3, 0.4) is 0 Å². The lowest BCUT2D eigenvalue weighted by Gasteiger charge is -2.09. The molecule has 0 amide bonds. The molecule has 2 aromatic rings. The van der Waals surface area contributed by atoms with Crippen LogP contribution in [0.4, 0.5) is 26.0 Å². The van der Waals surface area contributed by atoms with E-state index in [4.69, 9.17) is 10.8 Å². The highest BCUT2D eigenvalue weighted by Crippen LogP contribution is 2.22. The van der Waals surface area contributed by atoms with E-state index in [1.54, 1.807) is 0 Å². The minimum absolute atomic E-state index is 0.0493. The molecule has 0 saturated carbocycles. The normalized spacial score (nSPS) is 10.2. The van der Waals surface area contributed by atoms with Gasteiger partial charge in [-0.05, 0) is 18.2 Å². The summed E-state index contributed by atoms with van der Waals surface area (Å²) in [6, 6.07) is 4.30. The summed E-state index contributed by atoms with van der Waals surface area (Å²) in [6.07, 6.45) is 1.21. The lowest BCUT2D eigenvalue weighted by Crippen LogP contribution is -2.05. The van der Waals surface area contributed by atoms with Crippen LogP contribution in [0.2, 0.25) is 0 Å². The van der Waals surface area contributed by atoms with Gasteiger partial charge in [-0.2, -0.15) is 0 Å². The number of pyridine rings is 1. The molecule has 0 unspecified atom stereocenters. The van der Waals surface area contributed by atoms with Gasteiger partial charge in [-0.3, -0.25) is 0 Å². The Hall–Kier alpha value is -2.70. The molecule has 0 saturated heterocycles. The smallest absolute Gasteiger partial charge is 0.338 e. The number of anilines is 3. The molecule has 0 bridgehead atoms. The lowest BCUT2D eigenvalue weighted by molar-refractivity contribution is 0.0698. The number of carbonyl (C=O) groups is 1. The molecule has 0 aliphatic heterocycles. The van der Waals surface area contributed by atoms with E-state index in [1.807, 2.05) is 0 Å². The van der Waals surface area contributed by atoms with Crippen molar-refractivity contribution in [1.82, 2.24) is 4.98 Å². The quantitative estimate of drug-likeness (QED) is 0.793. The molecule has 5 nitrogen and oxygen atoms in total. The van der Waals surface area contributed by atoms with E-state index in [9.17, 15) is 13.6 Å². The highest BCUT2D eigenvalue weighted by atomic mass is 19.2. The van der Waals surface area contributed by atoms with Crippen molar-refractivity contribution in [3.05, 3.63) is 47.7 Å². The molecule has 98 valence electrons. The first-order chi connectivity index (χ1) is 8.97. The van der Waals surface area contributed by atoms with Gasteiger partial charge in [0.05, 0.1) is 17.4 Å². The van der Waals surface area contributed by atoms with Crippen molar-refractivity contribution >= 4 is 23.2 Å². The zero-order chi connectivity index (χ0) is 14.0. The van der Waals surface area contributed by atoms with Crippen LogP contribution in [0.25, 0.3) is 0 Å². The fourth-order valence-corrected chi connectivity index (χ4v) is 1.48. The van der Waals surface area contributed by atoms with Crippen molar-refractivity contribution in [1.29, 1.82) is 0 Å². The predicted molar refractivity (Wildman–Crippen MR) is 65.2 cm³/mol. The van der Waals surface area contributed by atoms with Crippen molar-refractivity contribution in [2.75, 3.05) is 11.1 Å². The number of nitrogens with two attached hydrogens (primary N) is 1. The van der Waals surface area contributed by atoms with Gasteiger partial charge < -0.3 is 16.2 Å². The molecular weight excluding hydrogens is 256 g/mol. The fraction of sp³-hybridized carbons (Fsp3) is 0. The minimum Gasteiger partial charge on any atom is -0.478 e. The molecular formula is C12H9F2N3O2. The molecule has 19 heavy (non-hydrogen) atoms. The van der Waals surface area contributed by atoms with Crippen LogP contribution in [-0.2, 0) is 0 Å². The zero-order valence-corrected chi connectivity index (χ0v) is 9.52. The first-order valence-corrected chi connectivity index (χ1v) is 5.18. The van der Waals surface area contributed by atoms with Gasteiger partial charge in [0.15, 0.2) is 11.6 Å². The number of halogens is 2. The third-order valence-electron chi connectivity index (χ3n) is 2.35. The Labute approximate surface area is 106 Å². The second-order valence-corrected chi connectivity index (χ2v) is 3.71.